The second-order valence-electron chi connectivity index (χ2n) is 9.25. The zero-order valence-electron chi connectivity index (χ0n) is 20.4. The van der Waals surface area contributed by atoms with Crippen LogP contribution < -0.4 is 10.1 Å². The van der Waals surface area contributed by atoms with Crippen molar-refractivity contribution in [3.63, 3.8) is 0 Å². The molecule has 0 radical (unpaired) electrons. The Morgan fingerprint density at radius 2 is 1.70 bits per heavy atom. The largest absolute Gasteiger partial charge is 0.504 e. The first-order valence-electron chi connectivity index (χ1n) is 11.7. The molecule has 4 rings (SSSR count). The van der Waals surface area contributed by atoms with Crippen molar-refractivity contribution in [3.05, 3.63) is 29.3 Å². The lowest BCUT2D eigenvalue weighted by Gasteiger charge is -2.43. The first-order chi connectivity index (χ1) is 17.5. The molecule has 6 N–H and O–H groups in total. The van der Waals surface area contributed by atoms with Crippen molar-refractivity contribution < 1.29 is 58.8 Å². The van der Waals surface area contributed by atoms with Gasteiger partial charge in [-0.3, -0.25) is 9.59 Å². The molecule has 1 aromatic carbocycles. The highest BCUT2D eigenvalue weighted by Gasteiger charge is 2.54. The van der Waals surface area contributed by atoms with Crippen LogP contribution in [0.4, 0.5) is 0 Å². The lowest BCUT2D eigenvalue weighted by Crippen LogP contribution is -2.68. The number of nitrogens with one attached hydrogen (secondary N) is 1. The highest BCUT2D eigenvalue weighted by molar-refractivity contribution is 5.97. The molecule has 10 atom stereocenters. The fraction of sp³-hybridized carbons (Fsp3) is 0.583. The van der Waals surface area contributed by atoms with Crippen LogP contribution in [0.5, 0.6) is 11.5 Å². The molecule has 1 saturated carbocycles. The molecule has 0 spiro atoms. The molecule has 13 heteroatoms. The van der Waals surface area contributed by atoms with E-state index in [9.17, 15) is 35.1 Å². The smallest absolute Gasteiger partial charge is 0.247 e. The summed E-state index contributed by atoms with van der Waals surface area (Å²) in [6.07, 6.45) is -8.97. The Morgan fingerprint density at radius 1 is 1.03 bits per heavy atom. The number of carbonyl (C=O) groups excluding carboxylic acids is 2. The quantitative estimate of drug-likeness (QED) is 0.219. The van der Waals surface area contributed by atoms with Crippen LogP contribution in [-0.4, -0.2) is 112 Å². The van der Waals surface area contributed by atoms with Gasteiger partial charge in [0.15, 0.2) is 17.3 Å². The third-order valence-corrected chi connectivity index (χ3v) is 6.73. The number of carbonyl (C=O) groups is 2. The van der Waals surface area contributed by atoms with E-state index in [1.807, 2.05) is 0 Å². The van der Waals surface area contributed by atoms with Gasteiger partial charge in [0.05, 0.1) is 6.04 Å². The Kier molecular flexibility index (Phi) is 8.16. The number of hydrogen-bond acceptors (Lipinski definition) is 12. The van der Waals surface area contributed by atoms with E-state index in [0.717, 1.165) is 0 Å². The number of aliphatic hydroxyl groups excluding tert-OH is 4. The molecule has 0 unspecified atom stereocenters. The van der Waals surface area contributed by atoms with E-state index >= 15 is 0 Å². The highest BCUT2D eigenvalue weighted by Crippen LogP contribution is 2.33. The molecule has 1 aliphatic carbocycles. The van der Waals surface area contributed by atoms with E-state index in [4.69, 9.17) is 23.7 Å². The summed E-state index contributed by atoms with van der Waals surface area (Å²) in [4.78, 5) is 24.4. The summed E-state index contributed by atoms with van der Waals surface area (Å²) in [5.41, 5.74) is 0.643. The summed E-state index contributed by atoms with van der Waals surface area (Å²) in [6.45, 7) is 2.64. The normalized spacial score (nSPS) is 37.8. The van der Waals surface area contributed by atoms with Gasteiger partial charge in [0.1, 0.15) is 55.6 Å². The van der Waals surface area contributed by atoms with E-state index in [2.05, 4.69) is 5.32 Å². The van der Waals surface area contributed by atoms with Crippen LogP contribution in [0.1, 0.15) is 19.4 Å². The summed E-state index contributed by atoms with van der Waals surface area (Å²) >= 11 is 0. The fourth-order valence-electron chi connectivity index (χ4n) is 4.73. The summed E-state index contributed by atoms with van der Waals surface area (Å²) in [7, 11) is 1.35. The number of phenols is 1. The predicted octanol–water partition coefficient (Wildman–Crippen LogP) is -1.81. The monoisotopic (exact) mass is 525 g/mol. The van der Waals surface area contributed by atoms with Crippen molar-refractivity contribution in [3.8, 4) is 11.5 Å². The van der Waals surface area contributed by atoms with Crippen LogP contribution in [0, 0.1) is 0 Å². The topological polar surface area (TPSA) is 193 Å². The molecule has 13 nitrogen and oxygen atoms in total. The van der Waals surface area contributed by atoms with Gasteiger partial charge in [-0.1, -0.05) is 6.07 Å². The minimum atomic E-state index is -1.50. The van der Waals surface area contributed by atoms with Crippen LogP contribution in [0.2, 0.25) is 0 Å². The van der Waals surface area contributed by atoms with Gasteiger partial charge in [-0.2, -0.15) is 0 Å². The molecule has 1 aromatic rings. The van der Waals surface area contributed by atoms with Crippen LogP contribution in [0.25, 0.3) is 6.08 Å². The maximum Gasteiger partial charge on any atom is 0.247 e. The molecule has 37 heavy (non-hydrogen) atoms. The molecule has 0 aromatic heterocycles. The maximum atomic E-state index is 12.9. The van der Waals surface area contributed by atoms with Gasteiger partial charge in [0.2, 0.25) is 12.2 Å². The molecule has 1 amide bonds. The maximum absolute atomic E-state index is 12.9. The van der Waals surface area contributed by atoms with Gasteiger partial charge < -0.3 is 54.5 Å². The predicted molar refractivity (Wildman–Crippen MR) is 123 cm³/mol. The zero-order chi connectivity index (χ0) is 27.0. The zero-order valence-corrected chi connectivity index (χ0v) is 20.4. The number of benzene rings is 1. The van der Waals surface area contributed by atoms with Crippen molar-refractivity contribution in [1.82, 2.24) is 5.32 Å². The molecule has 2 saturated heterocycles. The van der Waals surface area contributed by atoms with Crippen LogP contribution in [-0.2, 0) is 28.5 Å². The average molecular weight is 526 g/mol. The van der Waals surface area contributed by atoms with Gasteiger partial charge in [-0.25, -0.2) is 0 Å². The Labute approximate surface area is 212 Å². The molecule has 2 aliphatic heterocycles. The van der Waals surface area contributed by atoms with E-state index in [1.54, 1.807) is 0 Å². The number of hydrogen-bond donors (Lipinski definition) is 6. The van der Waals surface area contributed by atoms with E-state index in [-0.39, 0.29) is 23.9 Å². The van der Waals surface area contributed by atoms with Crippen LogP contribution in [0.3, 0.4) is 0 Å². The van der Waals surface area contributed by atoms with Gasteiger partial charge >= 0.3 is 0 Å². The first kappa shape index (κ1) is 27.4. The van der Waals surface area contributed by atoms with E-state index < -0.39 is 72.9 Å². The van der Waals surface area contributed by atoms with Gasteiger partial charge in [-0.05, 0) is 37.6 Å². The second kappa shape index (κ2) is 11.0. The Hall–Kier alpha value is -2.62. The summed E-state index contributed by atoms with van der Waals surface area (Å²) < 4.78 is 26.7. The van der Waals surface area contributed by atoms with Gasteiger partial charge in [0.25, 0.3) is 0 Å². The molecule has 3 aliphatic rings. The average Bonchev–Trinajstić information content (AvgIpc) is 3.45. The standard InChI is InChI=1S/C24H31NO12/c1-9(23(32)25-14-15(28)21-22(35-8-34-21)18(31)20(14)33-3)6-11-4-5-13(12(27)7-11)36-24-17(30)16(29)19(37-24)10(2)26/h4-7,14-22,24,27-31H,8H2,1-3H3,(H,25,32)/b9-6-/t14-,15+,16-,17-,18+,19+,20-,21-,22+,24+/m0/s1. The SMILES string of the molecule is CO[C@@H]1[C@@H](O)[C@H]2OCO[C@H]2[C@H](O)[C@@H]1NC(=O)/C(C)=C\c1ccc(O[C@@H]2O[C@H](C(C)=O)[C@@H](O)[C@@H]2O)c(O)c1. The third-order valence-electron chi connectivity index (χ3n) is 6.73. The molecule has 2 heterocycles. The molecular weight excluding hydrogens is 494 g/mol. The Bertz CT molecular complexity index is 1050. The molecule has 0 bridgehead atoms. The Morgan fingerprint density at radius 3 is 2.30 bits per heavy atom. The van der Waals surface area contributed by atoms with Crippen molar-refractivity contribution in [2.75, 3.05) is 13.9 Å². The summed E-state index contributed by atoms with van der Waals surface area (Å²) in [5.74, 6) is -1.45. The number of Topliss-reactive ketones (excluding diaryl/α,β-unsaturated/α-hetero) is 1. The van der Waals surface area contributed by atoms with Crippen LogP contribution >= 0.6 is 0 Å². The number of methoxy groups -OCH3 is 1. The molecule has 204 valence electrons. The first-order valence-corrected chi connectivity index (χ1v) is 11.7. The lowest BCUT2D eigenvalue weighted by molar-refractivity contribution is -0.163. The molecule has 3 fully saturated rings. The number of rotatable bonds is 7. The van der Waals surface area contributed by atoms with Gasteiger partial charge in [-0.15, -0.1) is 0 Å². The summed E-state index contributed by atoms with van der Waals surface area (Å²) in [6, 6.07) is 3.22. The summed E-state index contributed by atoms with van der Waals surface area (Å²) in [5, 5.41) is 54.3. The number of ketones is 1. The number of aromatic hydroxyl groups is 1. The number of fused-ring (bicyclic) bond motifs is 1. The fourth-order valence-corrected chi connectivity index (χ4v) is 4.73. The number of aliphatic hydroxyl groups is 4. The Balaban J connectivity index is 1.43. The van der Waals surface area contributed by atoms with Crippen molar-refractivity contribution in [2.24, 2.45) is 0 Å². The minimum Gasteiger partial charge on any atom is -0.504 e. The van der Waals surface area contributed by atoms with E-state index in [1.165, 1.54) is 45.2 Å². The third kappa shape index (κ3) is 5.35. The number of amides is 1. The van der Waals surface area contributed by atoms with Gasteiger partial charge in [0, 0.05) is 12.7 Å². The van der Waals surface area contributed by atoms with Crippen molar-refractivity contribution >= 4 is 17.8 Å². The van der Waals surface area contributed by atoms with Crippen LogP contribution in [0.15, 0.2) is 23.8 Å². The molecular formula is C24H31NO12. The second-order valence-corrected chi connectivity index (χ2v) is 9.25. The highest BCUT2D eigenvalue weighted by atomic mass is 16.7. The van der Waals surface area contributed by atoms with Crippen molar-refractivity contribution in [2.45, 2.75) is 75.0 Å². The van der Waals surface area contributed by atoms with E-state index in [0.29, 0.717) is 5.56 Å². The number of phenolic OH excluding ortho intramolecular Hbond substituents is 1. The lowest BCUT2D eigenvalue weighted by atomic mass is 9.83. The minimum absolute atomic E-state index is 0.0738. The van der Waals surface area contributed by atoms with Crippen molar-refractivity contribution in [1.29, 1.82) is 0 Å². The number of ether oxygens (including phenoxy) is 5.